The number of amides is 1. The molecule has 0 spiro atoms. The van der Waals surface area contributed by atoms with Crippen LogP contribution in [-0.2, 0) is 16.1 Å². The van der Waals surface area contributed by atoms with E-state index in [1.54, 1.807) is 18.4 Å². The van der Waals surface area contributed by atoms with E-state index in [2.05, 4.69) is 34.8 Å². The average Bonchev–Trinajstić information content (AvgIpc) is 2.94. The van der Waals surface area contributed by atoms with E-state index in [9.17, 15) is 4.79 Å². The number of aromatic nitrogens is 1. The molecule has 1 aliphatic heterocycles. The zero-order chi connectivity index (χ0) is 14.6. The molecule has 2 heterocycles. The number of thiazole rings is 1. The fraction of sp³-hybridized carbons (Fsp3) is 0.714. The molecule has 1 amide bonds. The van der Waals surface area contributed by atoms with Crippen molar-refractivity contribution in [2.24, 2.45) is 0 Å². The number of hydrogen-bond donors (Lipinski definition) is 2. The predicted octanol–water partition coefficient (Wildman–Crippen LogP) is 2.49. The van der Waals surface area contributed by atoms with Crippen LogP contribution < -0.4 is 10.6 Å². The minimum absolute atomic E-state index is 0. The molecule has 0 aromatic carbocycles. The second-order valence-corrected chi connectivity index (χ2v) is 6.39. The number of methoxy groups -OCH3 is 1. The van der Waals surface area contributed by atoms with Gasteiger partial charge in [0.25, 0.3) is 5.91 Å². The van der Waals surface area contributed by atoms with Gasteiger partial charge in [0.05, 0.1) is 12.2 Å². The molecule has 2 rings (SSSR count). The van der Waals surface area contributed by atoms with Crippen molar-refractivity contribution < 1.29 is 9.53 Å². The SMILES string of the molecule is COC1(C(=O)NCc2nc(C(C)C)cs2)CCNCC1.Cl.Cl. The first-order chi connectivity index (χ1) is 9.57. The van der Waals surface area contributed by atoms with Crippen molar-refractivity contribution in [3.05, 3.63) is 16.1 Å². The summed E-state index contributed by atoms with van der Waals surface area (Å²) in [6.07, 6.45) is 1.43. The largest absolute Gasteiger partial charge is 0.368 e. The van der Waals surface area contributed by atoms with E-state index in [1.165, 1.54) is 0 Å². The van der Waals surface area contributed by atoms with Gasteiger partial charge in [0.2, 0.25) is 0 Å². The first-order valence-corrected chi connectivity index (χ1v) is 7.94. The van der Waals surface area contributed by atoms with Gasteiger partial charge in [-0.3, -0.25) is 4.79 Å². The van der Waals surface area contributed by atoms with Crippen LogP contribution in [0.1, 0.15) is 43.3 Å². The molecule has 0 radical (unpaired) electrons. The van der Waals surface area contributed by atoms with Gasteiger partial charge in [0.1, 0.15) is 10.6 Å². The van der Waals surface area contributed by atoms with Gasteiger partial charge in [-0.2, -0.15) is 0 Å². The van der Waals surface area contributed by atoms with Crippen molar-refractivity contribution >= 4 is 42.1 Å². The zero-order valence-electron chi connectivity index (χ0n) is 13.2. The number of nitrogens with one attached hydrogen (secondary N) is 2. The molecule has 2 N–H and O–H groups in total. The van der Waals surface area contributed by atoms with E-state index in [1.807, 2.05) is 0 Å². The van der Waals surface area contributed by atoms with Crippen LogP contribution in [0.4, 0.5) is 0 Å². The van der Waals surface area contributed by atoms with Crippen LogP contribution in [0, 0.1) is 0 Å². The number of halogens is 2. The summed E-state index contributed by atoms with van der Waals surface area (Å²) in [5.74, 6) is 0.397. The minimum Gasteiger partial charge on any atom is -0.368 e. The third-order valence-corrected chi connectivity index (χ3v) is 4.64. The topological polar surface area (TPSA) is 63.2 Å². The number of rotatable bonds is 5. The lowest BCUT2D eigenvalue weighted by Crippen LogP contribution is -2.53. The monoisotopic (exact) mass is 369 g/mol. The van der Waals surface area contributed by atoms with Crippen LogP contribution in [0.2, 0.25) is 0 Å². The van der Waals surface area contributed by atoms with Crippen LogP contribution in [0.5, 0.6) is 0 Å². The van der Waals surface area contributed by atoms with Crippen LogP contribution in [0.25, 0.3) is 0 Å². The molecule has 0 aliphatic carbocycles. The van der Waals surface area contributed by atoms with E-state index in [0.29, 0.717) is 25.3 Å². The smallest absolute Gasteiger partial charge is 0.252 e. The van der Waals surface area contributed by atoms with Gasteiger partial charge < -0.3 is 15.4 Å². The van der Waals surface area contributed by atoms with Crippen molar-refractivity contribution in [2.45, 2.75) is 44.8 Å². The molecule has 5 nitrogen and oxygen atoms in total. The summed E-state index contributed by atoms with van der Waals surface area (Å²) in [6.45, 7) is 6.35. The van der Waals surface area contributed by atoms with E-state index in [0.717, 1.165) is 23.8 Å². The molecule has 1 saturated heterocycles. The Bertz CT molecular complexity index is 463. The van der Waals surface area contributed by atoms with Crippen molar-refractivity contribution in [1.29, 1.82) is 0 Å². The Morgan fingerprint density at radius 3 is 2.59 bits per heavy atom. The Morgan fingerprint density at radius 2 is 2.09 bits per heavy atom. The summed E-state index contributed by atoms with van der Waals surface area (Å²) in [5, 5.41) is 9.22. The lowest BCUT2D eigenvalue weighted by molar-refractivity contribution is -0.146. The zero-order valence-corrected chi connectivity index (χ0v) is 15.6. The average molecular weight is 370 g/mol. The molecule has 1 fully saturated rings. The molecule has 1 aromatic rings. The molecule has 1 aromatic heterocycles. The molecular weight excluding hydrogens is 345 g/mol. The lowest BCUT2D eigenvalue weighted by atomic mass is 9.91. The Hall–Kier alpha value is -0.400. The number of nitrogens with zero attached hydrogens (tertiary/aromatic N) is 1. The van der Waals surface area contributed by atoms with Crippen LogP contribution in [0.15, 0.2) is 5.38 Å². The normalized spacial score (nSPS) is 16.5. The standard InChI is InChI=1S/C14H23N3O2S.2ClH/c1-10(2)11-9-20-12(17-11)8-16-13(18)14(19-3)4-6-15-7-5-14;;/h9-10,15H,4-8H2,1-3H3,(H,16,18);2*1H. The molecule has 1 aliphatic rings. The lowest BCUT2D eigenvalue weighted by Gasteiger charge is -2.34. The molecule has 8 heteroatoms. The van der Waals surface area contributed by atoms with Gasteiger partial charge >= 0.3 is 0 Å². The van der Waals surface area contributed by atoms with Gasteiger partial charge in [-0.05, 0) is 31.8 Å². The fourth-order valence-corrected chi connectivity index (χ4v) is 3.24. The highest BCUT2D eigenvalue weighted by Crippen LogP contribution is 2.23. The third kappa shape index (κ3) is 5.06. The first-order valence-electron chi connectivity index (χ1n) is 7.06. The van der Waals surface area contributed by atoms with E-state index >= 15 is 0 Å². The molecule has 0 saturated carbocycles. The van der Waals surface area contributed by atoms with Crippen LogP contribution >= 0.6 is 36.2 Å². The Labute approximate surface area is 148 Å². The first kappa shape index (κ1) is 21.6. The number of hydrogen-bond acceptors (Lipinski definition) is 5. The summed E-state index contributed by atoms with van der Waals surface area (Å²) in [4.78, 5) is 16.9. The summed E-state index contributed by atoms with van der Waals surface area (Å²) in [6, 6.07) is 0. The minimum atomic E-state index is -0.677. The van der Waals surface area contributed by atoms with Crippen LogP contribution in [-0.4, -0.2) is 36.7 Å². The maximum atomic E-state index is 12.4. The maximum Gasteiger partial charge on any atom is 0.252 e. The number of piperidine rings is 1. The Balaban J connectivity index is 0.00000220. The van der Waals surface area contributed by atoms with Crippen molar-refractivity contribution in [3.63, 3.8) is 0 Å². The number of ether oxygens (including phenoxy) is 1. The van der Waals surface area contributed by atoms with Gasteiger partial charge in [-0.1, -0.05) is 13.8 Å². The summed E-state index contributed by atoms with van der Waals surface area (Å²) in [7, 11) is 1.62. The van der Waals surface area contributed by atoms with Gasteiger partial charge in [0.15, 0.2) is 0 Å². The van der Waals surface area contributed by atoms with Crippen molar-refractivity contribution in [2.75, 3.05) is 20.2 Å². The molecule has 0 atom stereocenters. The molecule has 0 bridgehead atoms. The molecule has 22 heavy (non-hydrogen) atoms. The highest BCUT2D eigenvalue weighted by Gasteiger charge is 2.39. The summed E-state index contributed by atoms with van der Waals surface area (Å²) in [5.41, 5.74) is 0.409. The van der Waals surface area contributed by atoms with Gasteiger partial charge in [-0.25, -0.2) is 4.98 Å². The van der Waals surface area contributed by atoms with E-state index in [-0.39, 0.29) is 30.7 Å². The molecular formula is C14H25Cl2N3O2S. The fourth-order valence-electron chi connectivity index (χ4n) is 2.34. The summed E-state index contributed by atoms with van der Waals surface area (Å²) >= 11 is 1.59. The number of carbonyl (C=O) groups is 1. The predicted molar refractivity (Wildman–Crippen MR) is 94.4 cm³/mol. The molecule has 128 valence electrons. The van der Waals surface area contributed by atoms with E-state index in [4.69, 9.17) is 4.74 Å². The van der Waals surface area contributed by atoms with Crippen molar-refractivity contribution in [3.8, 4) is 0 Å². The highest BCUT2D eigenvalue weighted by molar-refractivity contribution is 7.09. The number of carbonyl (C=O) groups excluding carboxylic acids is 1. The second-order valence-electron chi connectivity index (χ2n) is 5.45. The van der Waals surface area contributed by atoms with Gasteiger partial charge in [0, 0.05) is 12.5 Å². The van der Waals surface area contributed by atoms with E-state index < -0.39 is 5.60 Å². The van der Waals surface area contributed by atoms with Gasteiger partial charge in [-0.15, -0.1) is 36.2 Å². The Morgan fingerprint density at radius 1 is 1.45 bits per heavy atom. The quantitative estimate of drug-likeness (QED) is 0.836. The summed E-state index contributed by atoms with van der Waals surface area (Å²) < 4.78 is 5.50. The highest BCUT2D eigenvalue weighted by atomic mass is 35.5. The maximum absolute atomic E-state index is 12.4. The Kier molecular flexibility index (Phi) is 9.50. The van der Waals surface area contributed by atoms with Crippen molar-refractivity contribution in [1.82, 2.24) is 15.6 Å². The molecule has 0 unspecified atom stereocenters. The van der Waals surface area contributed by atoms with Crippen LogP contribution in [0.3, 0.4) is 0 Å². The second kappa shape index (κ2) is 9.67. The third-order valence-electron chi connectivity index (χ3n) is 3.78.